The SMILES string of the molecule is COc1ccc(F)cc1C(O)CN1CCC(c2noc3cc(F)ccc23)CC1. The van der Waals surface area contributed by atoms with Crippen LogP contribution in [0.3, 0.4) is 0 Å². The van der Waals surface area contributed by atoms with Gasteiger partial charge in [0.1, 0.15) is 17.4 Å². The molecule has 0 spiro atoms. The average molecular weight is 388 g/mol. The first-order chi connectivity index (χ1) is 13.5. The zero-order valence-corrected chi connectivity index (χ0v) is 15.6. The standard InChI is InChI=1S/C21H22F2N2O3/c1-27-19-5-3-14(22)10-17(19)18(26)12-25-8-6-13(7-9-25)21-16-4-2-15(23)11-20(16)28-24-21/h2-5,10-11,13,18,26H,6-9,12H2,1H3. The molecule has 0 radical (unpaired) electrons. The van der Waals surface area contributed by atoms with Gasteiger partial charge in [-0.25, -0.2) is 8.78 Å². The third-order valence-corrected chi connectivity index (χ3v) is 5.42. The van der Waals surface area contributed by atoms with Crippen molar-refractivity contribution in [1.29, 1.82) is 0 Å². The molecule has 0 saturated carbocycles. The first-order valence-electron chi connectivity index (χ1n) is 9.34. The number of benzene rings is 2. The molecule has 1 aromatic heterocycles. The second kappa shape index (κ2) is 7.85. The molecular weight excluding hydrogens is 366 g/mol. The van der Waals surface area contributed by atoms with Crippen molar-refractivity contribution in [3.63, 3.8) is 0 Å². The summed E-state index contributed by atoms with van der Waals surface area (Å²) in [5, 5.41) is 15.6. The van der Waals surface area contributed by atoms with E-state index < -0.39 is 11.9 Å². The van der Waals surface area contributed by atoms with Gasteiger partial charge in [0.15, 0.2) is 5.58 Å². The monoisotopic (exact) mass is 388 g/mol. The fourth-order valence-corrected chi connectivity index (χ4v) is 3.92. The van der Waals surface area contributed by atoms with E-state index >= 15 is 0 Å². The smallest absolute Gasteiger partial charge is 0.170 e. The van der Waals surface area contributed by atoms with Gasteiger partial charge in [-0.15, -0.1) is 0 Å². The fourth-order valence-electron chi connectivity index (χ4n) is 3.92. The second-order valence-corrected chi connectivity index (χ2v) is 7.19. The van der Waals surface area contributed by atoms with Gasteiger partial charge in [0.05, 0.1) is 18.9 Å². The number of halogens is 2. The minimum absolute atomic E-state index is 0.226. The van der Waals surface area contributed by atoms with Gasteiger partial charge in [0.2, 0.25) is 0 Å². The molecule has 1 saturated heterocycles. The molecule has 2 aromatic carbocycles. The van der Waals surface area contributed by atoms with Crippen LogP contribution in [-0.2, 0) is 0 Å². The maximum Gasteiger partial charge on any atom is 0.170 e. The lowest BCUT2D eigenvalue weighted by Crippen LogP contribution is -2.36. The zero-order valence-electron chi connectivity index (χ0n) is 15.6. The molecule has 4 rings (SSSR count). The molecule has 1 fully saturated rings. The highest BCUT2D eigenvalue weighted by Gasteiger charge is 2.27. The number of piperidine rings is 1. The minimum atomic E-state index is -0.835. The van der Waals surface area contributed by atoms with Crippen LogP contribution in [0.2, 0.25) is 0 Å². The van der Waals surface area contributed by atoms with Gasteiger partial charge >= 0.3 is 0 Å². The van der Waals surface area contributed by atoms with E-state index in [4.69, 9.17) is 9.26 Å². The van der Waals surface area contributed by atoms with Gasteiger partial charge < -0.3 is 19.3 Å². The van der Waals surface area contributed by atoms with Crippen molar-refractivity contribution >= 4 is 11.0 Å². The molecule has 7 heteroatoms. The summed E-state index contributed by atoms with van der Waals surface area (Å²) in [5.41, 5.74) is 1.78. The maximum absolute atomic E-state index is 13.6. The van der Waals surface area contributed by atoms with E-state index in [0.717, 1.165) is 37.0 Å². The Hall–Kier alpha value is -2.51. The normalized spacial score (nSPS) is 17.1. The number of ether oxygens (including phenoxy) is 1. The summed E-state index contributed by atoms with van der Waals surface area (Å²) in [6.45, 7) is 1.95. The highest BCUT2D eigenvalue weighted by atomic mass is 19.1. The van der Waals surface area contributed by atoms with Crippen molar-refractivity contribution in [2.45, 2.75) is 24.9 Å². The van der Waals surface area contributed by atoms with E-state index in [-0.39, 0.29) is 11.7 Å². The fraction of sp³-hybridized carbons (Fsp3) is 0.381. The molecule has 5 nitrogen and oxygen atoms in total. The molecule has 28 heavy (non-hydrogen) atoms. The predicted molar refractivity (Wildman–Crippen MR) is 100 cm³/mol. The topological polar surface area (TPSA) is 58.7 Å². The quantitative estimate of drug-likeness (QED) is 0.715. The highest BCUT2D eigenvalue weighted by molar-refractivity contribution is 5.79. The van der Waals surface area contributed by atoms with Crippen LogP contribution in [0.5, 0.6) is 5.75 Å². The Balaban J connectivity index is 1.41. The van der Waals surface area contributed by atoms with Gasteiger partial charge in [-0.1, -0.05) is 5.16 Å². The van der Waals surface area contributed by atoms with Crippen LogP contribution >= 0.6 is 0 Å². The molecule has 1 N–H and O–H groups in total. The van der Waals surface area contributed by atoms with Crippen LogP contribution < -0.4 is 4.74 Å². The maximum atomic E-state index is 13.6. The Morgan fingerprint density at radius 3 is 2.64 bits per heavy atom. The van der Waals surface area contributed by atoms with Crippen molar-refractivity contribution in [1.82, 2.24) is 10.1 Å². The summed E-state index contributed by atoms with van der Waals surface area (Å²) >= 11 is 0. The van der Waals surface area contributed by atoms with E-state index in [1.54, 1.807) is 6.07 Å². The third-order valence-electron chi connectivity index (χ3n) is 5.42. The van der Waals surface area contributed by atoms with Crippen LogP contribution in [0.15, 0.2) is 40.9 Å². The van der Waals surface area contributed by atoms with Crippen LogP contribution in [0, 0.1) is 11.6 Å². The molecule has 1 unspecified atom stereocenters. The van der Waals surface area contributed by atoms with E-state index in [9.17, 15) is 13.9 Å². The van der Waals surface area contributed by atoms with Crippen molar-refractivity contribution in [2.75, 3.05) is 26.7 Å². The number of aliphatic hydroxyl groups is 1. The number of aromatic nitrogens is 1. The second-order valence-electron chi connectivity index (χ2n) is 7.19. The molecule has 1 aliphatic rings. The van der Waals surface area contributed by atoms with Crippen LogP contribution in [-0.4, -0.2) is 41.9 Å². The van der Waals surface area contributed by atoms with Gasteiger partial charge in [0.25, 0.3) is 0 Å². The molecule has 0 bridgehead atoms. The largest absolute Gasteiger partial charge is 0.496 e. The van der Waals surface area contributed by atoms with Gasteiger partial charge in [-0.2, -0.15) is 0 Å². The molecule has 0 amide bonds. The lowest BCUT2D eigenvalue weighted by molar-refractivity contribution is 0.0946. The first kappa shape index (κ1) is 18.8. The van der Waals surface area contributed by atoms with Gasteiger partial charge in [-0.05, 0) is 56.3 Å². The van der Waals surface area contributed by atoms with Crippen molar-refractivity contribution < 1.29 is 23.1 Å². The summed E-state index contributed by atoms with van der Waals surface area (Å²) in [4.78, 5) is 2.15. The molecule has 1 aliphatic heterocycles. The number of β-amino-alcohol motifs (C(OH)–C–C–N with tert-alkyl or cyclic N) is 1. The zero-order chi connectivity index (χ0) is 19.7. The number of methoxy groups -OCH3 is 1. The number of aliphatic hydroxyl groups excluding tert-OH is 1. The first-order valence-corrected chi connectivity index (χ1v) is 9.34. The number of nitrogens with zero attached hydrogens (tertiary/aromatic N) is 2. The van der Waals surface area contributed by atoms with Crippen LogP contribution in [0.4, 0.5) is 8.78 Å². The molecule has 0 aliphatic carbocycles. The van der Waals surface area contributed by atoms with Gasteiger partial charge in [0, 0.05) is 29.5 Å². The number of hydrogen-bond donors (Lipinski definition) is 1. The van der Waals surface area contributed by atoms with Crippen molar-refractivity contribution in [2.24, 2.45) is 0 Å². The molecule has 3 aromatic rings. The van der Waals surface area contributed by atoms with E-state index in [1.807, 2.05) is 0 Å². The Bertz CT molecular complexity index is 967. The van der Waals surface area contributed by atoms with Crippen LogP contribution in [0.1, 0.15) is 36.1 Å². The van der Waals surface area contributed by atoms with Crippen molar-refractivity contribution in [3.8, 4) is 5.75 Å². The van der Waals surface area contributed by atoms with E-state index in [2.05, 4.69) is 10.1 Å². The Kier molecular flexibility index (Phi) is 5.28. The summed E-state index contributed by atoms with van der Waals surface area (Å²) < 4.78 is 37.4. The lowest BCUT2D eigenvalue weighted by atomic mass is 9.91. The molecule has 1 atom stereocenters. The number of fused-ring (bicyclic) bond motifs is 1. The number of rotatable bonds is 5. The number of hydrogen-bond acceptors (Lipinski definition) is 5. The highest BCUT2D eigenvalue weighted by Crippen LogP contribution is 2.34. The summed E-state index contributed by atoms with van der Waals surface area (Å²) in [5.74, 6) is -0.0383. The molecule has 2 heterocycles. The summed E-state index contributed by atoms with van der Waals surface area (Å²) in [6, 6.07) is 8.64. The third kappa shape index (κ3) is 3.72. The Morgan fingerprint density at radius 1 is 1.18 bits per heavy atom. The van der Waals surface area contributed by atoms with Crippen LogP contribution in [0.25, 0.3) is 11.0 Å². The number of likely N-dealkylation sites (tertiary alicyclic amines) is 1. The Morgan fingerprint density at radius 2 is 1.89 bits per heavy atom. The molecule has 148 valence electrons. The average Bonchev–Trinajstić information content (AvgIpc) is 3.11. The predicted octanol–water partition coefficient (Wildman–Crippen LogP) is 4.03. The van der Waals surface area contributed by atoms with E-state index in [1.165, 1.54) is 37.4 Å². The van der Waals surface area contributed by atoms with Gasteiger partial charge in [-0.3, -0.25) is 0 Å². The summed E-state index contributed by atoms with van der Waals surface area (Å²) in [6.07, 6.45) is 0.871. The lowest BCUT2D eigenvalue weighted by Gasteiger charge is -2.32. The Labute approximate surface area is 161 Å². The van der Waals surface area contributed by atoms with E-state index in [0.29, 0.717) is 23.4 Å². The summed E-state index contributed by atoms with van der Waals surface area (Å²) in [7, 11) is 1.50. The molecular formula is C21H22F2N2O3. The minimum Gasteiger partial charge on any atom is -0.496 e. The van der Waals surface area contributed by atoms with Crippen molar-refractivity contribution in [3.05, 3.63) is 59.3 Å².